The molecular weight excluding hydrogens is 579 g/mol. The molecule has 0 aliphatic carbocycles. The molecule has 0 saturated carbocycles. The molecule has 3 amide bonds. The summed E-state index contributed by atoms with van der Waals surface area (Å²) in [6.07, 6.45) is 8.88. The van der Waals surface area contributed by atoms with Crippen LogP contribution in [0.5, 0.6) is 0 Å². The normalized spacial score (nSPS) is 19.1. The van der Waals surface area contributed by atoms with Crippen molar-refractivity contribution in [3.05, 3.63) is 68.2 Å². The Morgan fingerprint density at radius 2 is 1.46 bits per heavy atom. The van der Waals surface area contributed by atoms with E-state index in [1.807, 2.05) is 17.0 Å². The third kappa shape index (κ3) is 8.10. The third-order valence-electron chi connectivity index (χ3n) is 8.90. The van der Waals surface area contributed by atoms with Gasteiger partial charge in [0.2, 0.25) is 5.91 Å². The highest BCUT2D eigenvalue weighted by molar-refractivity contribution is 6.35. The van der Waals surface area contributed by atoms with Gasteiger partial charge in [0.25, 0.3) is 0 Å². The Morgan fingerprint density at radius 1 is 0.805 bits per heavy atom. The quantitative estimate of drug-likeness (QED) is 0.336. The van der Waals surface area contributed by atoms with Crippen LogP contribution in [0.1, 0.15) is 67.6 Å². The summed E-state index contributed by atoms with van der Waals surface area (Å²) in [5.41, 5.74) is 3.51. The van der Waals surface area contributed by atoms with Gasteiger partial charge in [0.05, 0.1) is 0 Å². The number of nitrogens with zero attached hydrogens (tertiary/aromatic N) is 3. The Bertz CT molecular complexity index is 1210. The highest BCUT2D eigenvalue weighted by Crippen LogP contribution is 2.33. The standard InChI is InChI=1S/C32H41Cl3N4O2/c33-26-9-10-28(24(20-26)6-5-15-37-13-1-2-14-37)23-11-18-38(19-12-23)31(40)30(36-32(41)39-16-3-4-17-39)21-25-7-8-27(34)22-29(25)35/h7-10,20,22-23,30H,1-6,11-19,21H2,(H,36,41)/t30-/m1/s1. The fourth-order valence-corrected chi connectivity index (χ4v) is 7.27. The van der Waals surface area contributed by atoms with Crippen molar-refractivity contribution in [2.24, 2.45) is 0 Å². The molecular formula is C32H41Cl3N4O2. The summed E-state index contributed by atoms with van der Waals surface area (Å²) >= 11 is 19.0. The molecule has 0 bridgehead atoms. The number of nitrogens with one attached hydrogen (secondary N) is 1. The predicted molar refractivity (Wildman–Crippen MR) is 167 cm³/mol. The molecule has 222 valence electrons. The predicted octanol–water partition coefficient (Wildman–Crippen LogP) is 6.80. The van der Waals surface area contributed by atoms with Crippen LogP contribution in [0.4, 0.5) is 4.79 Å². The van der Waals surface area contributed by atoms with E-state index in [9.17, 15) is 9.59 Å². The first-order chi connectivity index (χ1) is 19.9. The van der Waals surface area contributed by atoms with Crippen LogP contribution in [0.2, 0.25) is 15.1 Å². The number of likely N-dealkylation sites (tertiary alicyclic amines) is 3. The average Bonchev–Trinajstić information content (AvgIpc) is 3.69. The molecule has 41 heavy (non-hydrogen) atoms. The molecule has 2 aromatic rings. The number of carbonyl (C=O) groups excluding carboxylic acids is 2. The van der Waals surface area contributed by atoms with Crippen LogP contribution in [0, 0.1) is 0 Å². The topological polar surface area (TPSA) is 55.9 Å². The molecule has 1 atom stereocenters. The van der Waals surface area contributed by atoms with Crippen LogP contribution in [0.15, 0.2) is 36.4 Å². The molecule has 5 rings (SSSR count). The van der Waals surface area contributed by atoms with Crippen molar-refractivity contribution < 1.29 is 9.59 Å². The van der Waals surface area contributed by atoms with Crippen LogP contribution in [0.3, 0.4) is 0 Å². The molecule has 3 heterocycles. The van der Waals surface area contributed by atoms with Gasteiger partial charge in [-0.1, -0.05) is 46.9 Å². The number of rotatable bonds is 9. The van der Waals surface area contributed by atoms with E-state index >= 15 is 0 Å². The molecule has 3 aliphatic heterocycles. The summed E-state index contributed by atoms with van der Waals surface area (Å²) in [6, 6.07) is 10.8. The van der Waals surface area contributed by atoms with Crippen LogP contribution in [-0.4, -0.2) is 78.5 Å². The van der Waals surface area contributed by atoms with Gasteiger partial charge in [-0.2, -0.15) is 0 Å². The smallest absolute Gasteiger partial charge is 0.318 e. The van der Waals surface area contributed by atoms with Gasteiger partial charge < -0.3 is 20.0 Å². The summed E-state index contributed by atoms with van der Waals surface area (Å²) in [5, 5.41) is 4.87. The summed E-state index contributed by atoms with van der Waals surface area (Å²) in [6.45, 7) is 6.34. The van der Waals surface area contributed by atoms with Crippen LogP contribution in [0.25, 0.3) is 0 Å². The van der Waals surface area contributed by atoms with Gasteiger partial charge in [-0.15, -0.1) is 0 Å². The van der Waals surface area contributed by atoms with Crippen molar-refractivity contribution in [3.63, 3.8) is 0 Å². The molecule has 0 aromatic heterocycles. The zero-order chi connectivity index (χ0) is 28.8. The Morgan fingerprint density at radius 3 is 2.17 bits per heavy atom. The van der Waals surface area contributed by atoms with E-state index in [0.29, 0.717) is 35.5 Å². The minimum Gasteiger partial charge on any atom is -0.341 e. The summed E-state index contributed by atoms with van der Waals surface area (Å²) in [7, 11) is 0. The minimum atomic E-state index is -0.685. The van der Waals surface area contributed by atoms with E-state index in [1.165, 1.54) is 37.1 Å². The van der Waals surface area contributed by atoms with E-state index < -0.39 is 6.04 Å². The first kappa shape index (κ1) is 30.5. The average molecular weight is 620 g/mol. The van der Waals surface area contributed by atoms with Gasteiger partial charge in [-0.3, -0.25) is 4.79 Å². The number of hydrogen-bond donors (Lipinski definition) is 1. The molecule has 2 aromatic carbocycles. The van der Waals surface area contributed by atoms with E-state index in [0.717, 1.165) is 68.7 Å². The first-order valence-corrected chi connectivity index (χ1v) is 16.3. The SMILES string of the molecule is O=C(N[C@H](Cc1ccc(Cl)cc1Cl)C(=O)N1CCC(c2ccc(Cl)cc2CCCN2CCCC2)CC1)N1CCCC1. The number of benzene rings is 2. The van der Waals surface area contributed by atoms with Gasteiger partial charge in [0, 0.05) is 47.7 Å². The van der Waals surface area contributed by atoms with Crippen molar-refractivity contribution in [3.8, 4) is 0 Å². The number of carbonyl (C=O) groups is 2. The van der Waals surface area contributed by atoms with E-state index in [1.54, 1.807) is 17.0 Å². The Labute approximate surface area is 259 Å². The van der Waals surface area contributed by atoms with Gasteiger partial charge >= 0.3 is 6.03 Å². The monoisotopic (exact) mass is 618 g/mol. The van der Waals surface area contributed by atoms with Crippen molar-refractivity contribution in [2.45, 2.75) is 69.7 Å². The molecule has 6 nitrogen and oxygen atoms in total. The summed E-state index contributed by atoms with van der Waals surface area (Å²) in [4.78, 5) is 33.1. The molecule has 0 unspecified atom stereocenters. The lowest BCUT2D eigenvalue weighted by Gasteiger charge is -2.35. The second kappa shape index (κ2) is 14.5. The number of aryl methyl sites for hydroxylation is 1. The van der Waals surface area contributed by atoms with Crippen molar-refractivity contribution in [2.75, 3.05) is 45.8 Å². The van der Waals surface area contributed by atoms with E-state index in [4.69, 9.17) is 34.8 Å². The maximum Gasteiger partial charge on any atom is 0.318 e. The molecule has 1 N–H and O–H groups in total. The fourth-order valence-electron chi connectivity index (χ4n) is 6.59. The largest absolute Gasteiger partial charge is 0.341 e. The van der Waals surface area contributed by atoms with Gasteiger partial charge in [0.15, 0.2) is 0 Å². The second-order valence-corrected chi connectivity index (χ2v) is 13.0. The van der Waals surface area contributed by atoms with Crippen molar-refractivity contribution >= 4 is 46.7 Å². The minimum absolute atomic E-state index is 0.0519. The lowest BCUT2D eigenvalue weighted by atomic mass is 9.85. The Balaban J connectivity index is 1.23. The fraction of sp³-hybridized carbons (Fsp3) is 0.562. The highest BCUT2D eigenvalue weighted by Gasteiger charge is 2.32. The molecule has 9 heteroatoms. The number of urea groups is 1. The molecule has 0 radical (unpaired) electrons. The van der Waals surface area contributed by atoms with Crippen molar-refractivity contribution in [1.29, 1.82) is 0 Å². The maximum atomic E-state index is 13.9. The molecule has 3 fully saturated rings. The van der Waals surface area contributed by atoms with E-state index in [2.05, 4.69) is 22.3 Å². The summed E-state index contributed by atoms with van der Waals surface area (Å²) in [5.74, 6) is 0.338. The number of halogens is 3. The van der Waals surface area contributed by atoms with Gasteiger partial charge in [-0.25, -0.2) is 4.79 Å². The van der Waals surface area contributed by atoms with Crippen LogP contribution >= 0.6 is 34.8 Å². The second-order valence-electron chi connectivity index (χ2n) is 11.7. The highest BCUT2D eigenvalue weighted by atomic mass is 35.5. The summed E-state index contributed by atoms with van der Waals surface area (Å²) < 4.78 is 0. The molecule has 3 saturated heterocycles. The molecule has 3 aliphatic rings. The van der Waals surface area contributed by atoms with Gasteiger partial charge in [0.1, 0.15) is 6.04 Å². The number of hydrogen-bond acceptors (Lipinski definition) is 3. The van der Waals surface area contributed by atoms with Gasteiger partial charge in [-0.05, 0) is 118 Å². The van der Waals surface area contributed by atoms with Crippen LogP contribution in [-0.2, 0) is 17.6 Å². The third-order valence-corrected chi connectivity index (χ3v) is 9.72. The first-order valence-electron chi connectivity index (χ1n) is 15.2. The lowest BCUT2D eigenvalue weighted by Crippen LogP contribution is -2.54. The maximum absolute atomic E-state index is 13.9. The Kier molecular flexibility index (Phi) is 10.7. The molecule has 0 spiro atoms. The van der Waals surface area contributed by atoms with Crippen LogP contribution < -0.4 is 5.32 Å². The number of piperidine rings is 1. The Hall–Kier alpha value is -1.99. The zero-order valence-corrected chi connectivity index (χ0v) is 26.0. The zero-order valence-electron chi connectivity index (χ0n) is 23.7. The lowest BCUT2D eigenvalue weighted by molar-refractivity contribution is -0.134. The van der Waals surface area contributed by atoms with E-state index in [-0.39, 0.29) is 11.9 Å². The number of amides is 3. The van der Waals surface area contributed by atoms with Crippen molar-refractivity contribution in [1.82, 2.24) is 20.0 Å².